The SMILES string of the molecule is NNc1cc(C(=O)Nc2ccsc2)cc(Cl)n1. The Hall–Kier alpha value is -1.63. The van der Waals surface area contributed by atoms with E-state index in [-0.39, 0.29) is 11.1 Å². The number of aromatic nitrogens is 1. The molecule has 17 heavy (non-hydrogen) atoms. The van der Waals surface area contributed by atoms with Crippen LogP contribution in [0.15, 0.2) is 29.0 Å². The van der Waals surface area contributed by atoms with Crippen LogP contribution in [0, 0.1) is 0 Å². The van der Waals surface area contributed by atoms with Crippen LogP contribution in [0.2, 0.25) is 5.15 Å². The van der Waals surface area contributed by atoms with Gasteiger partial charge in [-0.05, 0) is 23.6 Å². The van der Waals surface area contributed by atoms with Gasteiger partial charge in [0.05, 0.1) is 5.69 Å². The van der Waals surface area contributed by atoms with E-state index in [2.05, 4.69) is 15.7 Å². The lowest BCUT2D eigenvalue weighted by Crippen LogP contribution is -2.14. The quantitative estimate of drug-likeness (QED) is 0.453. The van der Waals surface area contributed by atoms with Gasteiger partial charge in [-0.3, -0.25) is 4.79 Å². The molecule has 0 aliphatic heterocycles. The van der Waals surface area contributed by atoms with Gasteiger partial charge in [-0.25, -0.2) is 10.8 Å². The number of amides is 1. The minimum atomic E-state index is -0.260. The topological polar surface area (TPSA) is 80.0 Å². The predicted octanol–water partition coefficient (Wildman–Crippen LogP) is 2.33. The molecule has 0 aromatic carbocycles. The average molecular weight is 269 g/mol. The molecule has 2 rings (SSSR count). The van der Waals surface area contributed by atoms with Crippen LogP contribution in [0.5, 0.6) is 0 Å². The molecule has 88 valence electrons. The predicted molar refractivity (Wildman–Crippen MR) is 69.3 cm³/mol. The first kappa shape index (κ1) is 11.8. The first-order chi connectivity index (χ1) is 8.19. The molecule has 0 atom stereocenters. The number of carbonyl (C=O) groups is 1. The van der Waals surface area contributed by atoms with E-state index in [1.54, 1.807) is 0 Å². The number of carbonyl (C=O) groups excluding carboxylic acids is 1. The van der Waals surface area contributed by atoms with E-state index in [1.165, 1.54) is 23.5 Å². The minimum Gasteiger partial charge on any atom is -0.321 e. The molecule has 7 heteroatoms. The largest absolute Gasteiger partial charge is 0.321 e. The number of thiophene rings is 1. The first-order valence-corrected chi connectivity index (χ1v) is 5.99. The van der Waals surface area contributed by atoms with Crippen molar-refractivity contribution in [3.05, 3.63) is 39.7 Å². The summed E-state index contributed by atoms with van der Waals surface area (Å²) in [6.45, 7) is 0. The van der Waals surface area contributed by atoms with Gasteiger partial charge in [0.1, 0.15) is 11.0 Å². The van der Waals surface area contributed by atoms with Crippen LogP contribution in [0.3, 0.4) is 0 Å². The molecule has 0 aliphatic rings. The number of pyridine rings is 1. The maximum Gasteiger partial charge on any atom is 0.255 e. The summed E-state index contributed by atoms with van der Waals surface area (Å²) in [5.74, 6) is 5.30. The zero-order valence-corrected chi connectivity index (χ0v) is 10.2. The second kappa shape index (κ2) is 5.13. The molecule has 0 saturated heterocycles. The Morgan fingerprint density at radius 2 is 2.29 bits per heavy atom. The van der Waals surface area contributed by atoms with Crippen molar-refractivity contribution in [1.29, 1.82) is 0 Å². The highest BCUT2D eigenvalue weighted by atomic mass is 35.5. The summed E-state index contributed by atoms with van der Waals surface area (Å²) in [5.41, 5.74) is 3.49. The van der Waals surface area contributed by atoms with Crippen molar-refractivity contribution in [2.45, 2.75) is 0 Å². The van der Waals surface area contributed by atoms with Gasteiger partial charge >= 0.3 is 0 Å². The molecule has 1 amide bonds. The van der Waals surface area contributed by atoms with Gasteiger partial charge in [-0.2, -0.15) is 11.3 Å². The van der Waals surface area contributed by atoms with Crippen molar-refractivity contribution >= 4 is 40.4 Å². The van der Waals surface area contributed by atoms with Crippen LogP contribution in [0.1, 0.15) is 10.4 Å². The molecule has 2 heterocycles. The summed E-state index contributed by atoms with van der Waals surface area (Å²) in [6, 6.07) is 4.81. The van der Waals surface area contributed by atoms with Crippen molar-refractivity contribution in [3.8, 4) is 0 Å². The van der Waals surface area contributed by atoms with Crippen LogP contribution < -0.4 is 16.6 Å². The summed E-state index contributed by atoms with van der Waals surface area (Å²) >= 11 is 7.27. The average Bonchev–Trinajstić information content (AvgIpc) is 2.81. The Bertz CT molecular complexity index is 529. The van der Waals surface area contributed by atoms with E-state index >= 15 is 0 Å². The number of halogens is 1. The van der Waals surface area contributed by atoms with E-state index in [0.717, 1.165) is 5.69 Å². The van der Waals surface area contributed by atoms with E-state index < -0.39 is 0 Å². The maximum absolute atomic E-state index is 11.9. The standard InChI is InChI=1S/C10H9ClN4OS/c11-8-3-6(4-9(14-8)15-12)10(16)13-7-1-2-17-5-7/h1-5H,12H2,(H,13,16)(H,14,15). The highest BCUT2D eigenvalue weighted by Gasteiger charge is 2.09. The van der Waals surface area contributed by atoms with Crippen molar-refractivity contribution in [2.75, 3.05) is 10.7 Å². The van der Waals surface area contributed by atoms with Crippen LogP contribution >= 0.6 is 22.9 Å². The number of hydrogen-bond donors (Lipinski definition) is 3. The third-order valence-corrected chi connectivity index (χ3v) is 2.86. The van der Waals surface area contributed by atoms with E-state index in [4.69, 9.17) is 17.4 Å². The molecule has 0 aliphatic carbocycles. The van der Waals surface area contributed by atoms with Crippen LogP contribution in [-0.4, -0.2) is 10.9 Å². The molecular weight excluding hydrogens is 260 g/mol. The Labute approximate surface area is 107 Å². The highest BCUT2D eigenvalue weighted by molar-refractivity contribution is 7.08. The second-order valence-electron chi connectivity index (χ2n) is 3.17. The summed E-state index contributed by atoms with van der Waals surface area (Å²) in [5, 5.41) is 6.65. The van der Waals surface area contributed by atoms with Gasteiger partial charge in [-0.15, -0.1) is 0 Å². The number of nitrogens with zero attached hydrogens (tertiary/aromatic N) is 1. The fourth-order valence-corrected chi connectivity index (χ4v) is 2.04. The molecule has 2 aromatic heterocycles. The maximum atomic E-state index is 11.9. The molecule has 0 fully saturated rings. The van der Waals surface area contributed by atoms with Crippen molar-refractivity contribution < 1.29 is 4.79 Å². The van der Waals surface area contributed by atoms with Crippen molar-refractivity contribution in [2.24, 2.45) is 5.84 Å². The molecule has 0 saturated carbocycles. The smallest absolute Gasteiger partial charge is 0.255 e. The van der Waals surface area contributed by atoms with Crippen LogP contribution in [0.4, 0.5) is 11.5 Å². The number of hydrazine groups is 1. The van der Waals surface area contributed by atoms with Gasteiger partial charge in [-0.1, -0.05) is 11.6 Å². The monoisotopic (exact) mass is 268 g/mol. The van der Waals surface area contributed by atoms with Crippen molar-refractivity contribution in [1.82, 2.24) is 4.98 Å². The summed E-state index contributed by atoms with van der Waals surface area (Å²) in [6.07, 6.45) is 0. The first-order valence-electron chi connectivity index (χ1n) is 4.67. The number of anilines is 2. The molecule has 0 bridgehead atoms. The Morgan fingerprint density at radius 1 is 1.47 bits per heavy atom. The molecular formula is C10H9ClN4OS. The zero-order chi connectivity index (χ0) is 12.3. The summed E-state index contributed by atoms with van der Waals surface area (Å²) < 4.78 is 0. The highest BCUT2D eigenvalue weighted by Crippen LogP contribution is 2.17. The number of hydrogen-bond acceptors (Lipinski definition) is 5. The molecule has 0 spiro atoms. The minimum absolute atomic E-state index is 0.205. The normalized spacial score (nSPS) is 10.0. The molecule has 0 unspecified atom stereocenters. The Morgan fingerprint density at radius 3 is 2.94 bits per heavy atom. The van der Waals surface area contributed by atoms with Crippen LogP contribution in [-0.2, 0) is 0 Å². The Kier molecular flexibility index (Phi) is 3.58. The summed E-state index contributed by atoms with van der Waals surface area (Å²) in [7, 11) is 0. The number of nitrogen functional groups attached to an aromatic ring is 1. The Balaban J connectivity index is 2.21. The molecule has 5 nitrogen and oxygen atoms in total. The number of rotatable bonds is 3. The molecule has 2 aromatic rings. The summed E-state index contributed by atoms with van der Waals surface area (Å²) in [4.78, 5) is 15.8. The third-order valence-electron chi connectivity index (χ3n) is 1.98. The lowest BCUT2D eigenvalue weighted by molar-refractivity contribution is 0.102. The molecule has 4 N–H and O–H groups in total. The van der Waals surface area contributed by atoms with Gasteiger partial charge in [0, 0.05) is 10.9 Å². The van der Waals surface area contributed by atoms with Gasteiger partial charge in [0.25, 0.3) is 5.91 Å². The van der Waals surface area contributed by atoms with E-state index in [1.807, 2.05) is 16.8 Å². The fraction of sp³-hybridized carbons (Fsp3) is 0. The van der Waals surface area contributed by atoms with E-state index in [9.17, 15) is 4.79 Å². The van der Waals surface area contributed by atoms with E-state index in [0.29, 0.717) is 11.4 Å². The number of nitrogens with one attached hydrogen (secondary N) is 2. The van der Waals surface area contributed by atoms with Crippen LogP contribution in [0.25, 0.3) is 0 Å². The zero-order valence-electron chi connectivity index (χ0n) is 8.61. The lowest BCUT2D eigenvalue weighted by atomic mass is 10.2. The lowest BCUT2D eigenvalue weighted by Gasteiger charge is -2.05. The third kappa shape index (κ3) is 2.94. The fourth-order valence-electron chi connectivity index (χ4n) is 1.24. The van der Waals surface area contributed by atoms with Gasteiger partial charge in [0.2, 0.25) is 0 Å². The van der Waals surface area contributed by atoms with Crippen molar-refractivity contribution in [3.63, 3.8) is 0 Å². The second-order valence-corrected chi connectivity index (χ2v) is 4.34. The van der Waals surface area contributed by atoms with Gasteiger partial charge in [0.15, 0.2) is 0 Å². The van der Waals surface area contributed by atoms with Gasteiger partial charge < -0.3 is 10.7 Å². The number of nitrogens with two attached hydrogens (primary N) is 1. The molecule has 0 radical (unpaired) electrons.